The lowest BCUT2D eigenvalue weighted by molar-refractivity contribution is 0.385. The SMILES string of the molecule is COc1ccc2c(c1)C[C@@]1(C)CC[C@@H]2c2cc(OC)ccc21. The highest BCUT2D eigenvalue weighted by molar-refractivity contribution is 5.54. The molecule has 2 nitrogen and oxygen atoms in total. The van der Waals surface area contributed by atoms with E-state index in [1.807, 2.05) is 0 Å². The van der Waals surface area contributed by atoms with Gasteiger partial charge in [0, 0.05) is 5.92 Å². The standard InChI is InChI=1S/C20H22O2/c1-20-9-8-17(18-11-15(22-3)5-7-19(18)20)16-6-4-14(21-2)10-13(16)12-20/h4-7,10-11,17H,8-9,12H2,1-3H3/t17-,20+/m0/s1. The highest BCUT2D eigenvalue weighted by Gasteiger charge is 2.41. The van der Waals surface area contributed by atoms with Crippen LogP contribution < -0.4 is 9.47 Å². The first-order valence-electron chi connectivity index (χ1n) is 8.00. The van der Waals surface area contributed by atoms with E-state index >= 15 is 0 Å². The molecule has 2 atom stereocenters. The fraction of sp³-hybridized carbons (Fsp3) is 0.400. The van der Waals surface area contributed by atoms with Crippen molar-refractivity contribution in [3.63, 3.8) is 0 Å². The number of fused-ring (bicyclic) bond motifs is 1. The lowest BCUT2D eigenvalue weighted by Crippen LogP contribution is -2.28. The van der Waals surface area contributed by atoms with E-state index in [1.54, 1.807) is 14.2 Å². The van der Waals surface area contributed by atoms with Gasteiger partial charge in [-0.3, -0.25) is 0 Å². The second-order valence-electron chi connectivity index (χ2n) is 6.85. The van der Waals surface area contributed by atoms with Crippen LogP contribution in [-0.2, 0) is 11.8 Å². The summed E-state index contributed by atoms with van der Waals surface area (Å²) in [4.78, 5) is 0. The van der Waals surface area contributed by atoms with Gasteiger partial charge in [0.2, 0.25) is 0 Å². The van der Waals surface area contributed by atoms with E-state index in [2.05, 4.69) is 43.3 Å². The van der Waals surface area contributed by atoms with Gasteiger partial charge in [0.1, 0.15) is 11.5 Å². The molecule has 2 aromatic carbocycles. The molecular weight excluding hydrogens is 272 g/mol. The number of hydrogen-bond acceptors (Lipinski definition) is 2. The molecule has 2 aromatic rings. The van der Waals surface area contributed by atoms with Crippen LogP contribution in [0, 0.1) is 0 Å². The Labute approximate surface area is 132 Å². The van der Waals surface area contributed by atoms with E-state index in [4.69, 9.17) is 9.47 Å². The maximum atomic E-state index is 5.47. The Morgan fingerprint density at radius 1 is 0.955 bits per heavy atom. The average molecular weight is 294 g/mol. The van der Waals surface area contributed by atoms with Crippen molar-refractivity contribution in [2.45, 2.75) is 37.5 Å². The smallest absolute Gasteiger partial charge is 0.119 e. The number of rotatable bonds is 2. The van der Waals surface area contributed by atoms with Crippen molar-refractivity contribution in [1.29, 1.82) is 0 Å². The molecule has 114 valence electrons. The topological polar surface area (TPSA) is 18.5 Å². The largest absolute Gasteiger partial charge is 0.497 e. The van der Waals surface area contributed by atoms with Gasteiger partial charge in [-0.15, -0.1) is 0 Å². The first-order chi connectivity index (χ1) is 10.6. The zero-order valence-corrected chi connectivity index (χ0v) is 13.5. The van der Waals surface area contributed by atoms with Crippen LogP contribution in [0.5, 0.6) is 11.5 Å². The van der Waals surface area contributed by atoms with E-state index in [0.717, 1.165) is 17.9 Å². The molecule has 0 fully saturated rings. The van der Waals surface area contributed by atoms with Gasteiger partial charge in [-0.25, -0.2) is 0 Å². The van der Waals surface area contributed by atoms with Gasteiger partial charge < -0.3 is 9.47 Å². The van der Waals surface area contributed by atoms with Crippen LogP contribution in [0.25, 0.3) is 0 Å². The third kappa shape index (κ3) is 1.86. The lowest BCUT2D eigenvalue weighted by atomic mass is 9.68. The van der Waals surface area contributed by atoms with Crippen LogP contribution >= 0.6 is 0 Å². The molecule has 3 aliphatic rings. The Kier molecular flexibility index (Phi) is 2.97. The summed E-state index contributed by atoms with van der Waals surface area (Å²) in [5.74, 6) is 2.41. The summed E-state index contributed by atoms with van der Waals surface area (Å²) in [5.41, 5.74) is 6.09. The van der Waals surface area contributed by atoms with Crippen molar-refractivity contribution in [1.82, 2.24) is 0 Å². The zero-order valence-electron chi connectivity index (χ0n) is 13.5. The number of ether oxygens (including phenoxy) is 2. The van der Waals surface area contributed by atoms with Crippen molar-refractivity contribution in [2.75, 3.05) is 14.2 Å². The molecule has 0 heterocycles. The molecule has 0 N–H and O–H groups in total. The Morgan fingerprint density at radius 2 is 1.68 bits per heavy atom. The van der Waals surface area contributed by atoms with Crippen LogP contribution in [0.2, 0.25) is 0 Å². The third-order valence-electron chi connectivity index (χ3n) is 5.58. The number of methoxy groups -OCH3 is 2. The molecule has 22 heavy (non-hydrogen) atoms. The minimum atomic E-state index is 0.218. The summed E-state index contributed by atoms with van der Waals surface area (Å²) < 4.78 is 10.9. The van der Waals surface area contributed by atoms with Gasteiger partial charge in [-0.05, 0) is 71.2 Å². The second kappa shape index (κ2) is 4.77. The van der Waals surface area contributed by atoms with Crippen molar-refractivity contribution < 1.29 is 9.47 Å². The first kappa shape index (κ1) is 13.7. The Balaban J connectivity index is 1.94. The minimum Gasteiger partial charge on any atom is -0.497 e. The Hall–Kier alpha value is -1.96. The summed E-state index contributed by atoms with van der Waals surface area (Å²) in [6.45, 7) is 2.41. The minimum absolute atomic E-state index is 0.218. The van der Waals surface area contributed by atoms with Gasteiger partial charge in [-0.2, -0.15) is 0 Å². The molecule has 0 aliphatic heterocycles. The predicted molar refractivity (Wildman–Crippen MR) is 88.1 cm³/mol. The van der Waals surface area contributed by atoms with E-state index in [-0.39, 0.29) is 5.41 Å². The molecule has 0 spiro atoms. The van der Waals surface area contributed by atoms with Crippen LogP contribution in [0.15, 0.2) is 36.4 Å². The van der Waals surface area contributed by atoms with Crippen molar-refractivity contribution in [2.24, 2.45) is 0 Å². The summed E-state index contributed by atoms with van der Waals surface area (Å²) >= 11 is 0. The average Bonchev–Trinajstić information content (AvgIpc) is 2.75. The van der Waals surface area contributed by atoms with Crippen LogP contribution in [0.4, 0.5) is 0 Å². The molecular formula is C20H22O2. The summed E-state index contributed by atoms with van der Waals surface area (Å²) in [7, 11) is 3.49. The van der Waals surface area contributed by atoms with Crippen LogP contribution in [0.3, 0.4) is 0 Å². The third-order valence-corrected chi connectivity index (χ3v) is 5.58. The monoisotopic (exact) mass is 294 g/mol. The highest BCUT2D eigenvalue weighted by Crippen LogP contribution is 2.52. The molecule has 2 heteroatoms. The maximum Gasteiger partial charge on any atom is 0.119 e. The predicted octanol–water partition coefficient (Wildman–Crippen LogP) is 4.44. The van der Waals surface area contributed by atoms with Crippen LogP contribution in [0.1, 0.15) is 47.9 Å². The van der Waals surface area contributed by atoms with Gasteiger partial charge in [0.25, 0.3) is 0 Å². The molecule has 0 amide bonds. The van der Waals surface area contributed by atoms with Crippen molar-refractivity contribution >= 4 is 0 Å². The molecule has 0 saturated carbocycles. The first-order valence-corrected chi connectivity index (χ1v) is 8.00. The molecule has 0 unspecified atom stereocenters. The lowest BCUT2D eigenvalue weighted by Gasteiger charge is -2.36. The van der Waals surface area contributed by atoms with Gasteiger partial charge in [0.05, 0.1) is 14.2 Å². The fourth-order valence-corrected chi connectivity index (χ4v) is 4.39. The van der Waals surface area contributed by atoms with Crippen LogP contribution in [-0.4, -0.2) is 14.2 Å². The maximum absolute atomic E-state index is 5.47. The molecule has 5 rings (SSSR count). The number of hydrogen-bond donors (Lipinski definition) is 0. The Bertz CT molecular complexity index is 734. The fourth-order valence-electron chi connectivity index (χ4n) is 4.39. The van der Waals surface area contributed by atoms with Crippen molar-refractivity contribution in [3.8, 4) is 11.5 Å². The summed E-state index contributed by atoms with van der Waals surface area (Å²) in [6, 6.07) is 13.2. The zero-order chi connectivity index (χ0) is 15.3. The summed E-state index contributed by atoms with van der Waals surface area (Å²) in [5, 5.41) is 0. The van der Waals surface area contributed by atoms with E-state index in [1.165, 1.54) is 35.1 Å². The highest BCUT2D eigenvalue weighted by atomic mass is 16.5. The van der Waals surface area contributed by atoms with Gasteiger partial charge >= 0.3 is 0 Å². The molecule has 2 bridgehead atoms. The summed E-state index contributed by atoms with van der Waals surface area (Å²) in [6.07, 6.45) is 3.55. The second-order valence-corrected chi connectivity index (χ2v) is 6.85. The quantitative estimate of drug-likeness (QED) is 0.815. The molecule has 0 aromatic heterocycles. The molecule has 0 radical (unpaired) electrons. The van der Waals surface area contributed by atoms with E-state index in [0.29, 0.717) is 5.92 Å². The Morgan fingerprint density at radius 3 is 2.45 bits per heavy atom. The van der Waals surface area contributed by atoms with E-state index in [9.17, 15) is 0 Å². The van der Waals surface area contributed by atoms with Crippen molar-refractivity contribution in [3.05, 3.63) is 58.7 Å². The van der Waals surface area contributed by atoms with Gasteiger partial charge in [-0.1, -0.05) is 19.1 Å². The normalized spacial score (nSPS) is 25.1. The van der Waals surface area contributed by atoms with E-state index < -0.39 is 0 Å². The van der Waals surface area contributed by atoms with Gasteiger partial charge in [0.15, 0.2) is 0 Å². The molecule has 0 saturated heterocycles. The number of benzene rings is 2. The molecule has 3 aliphatic carbocycles.